The monoisotopic (exact) mass is 405 g/mol. The topological polar surface area (TPSA) is 147 Å². The molecule has 0 saturated heterocycles. The molecule has 9 nitrogen and oxygen atoms in total. The number of nitrogens with zero attached hydrogens (tertiary/aromatic N) is 2. The first kappa shape index (κ1) is 22.9. The van der Waals surface area contributed by atoms with Crippen LogP contribution in [0.4, 0.5) is 11.4 Å². The van der Waals surface area contributed by atoms with Gasteiger partial charge in [-0.15, -0.1) is 0 Å². The molecule has 158 valence electrons. The van der Waals surface area contributed by atoms with E-state index in [1.165, 1.54) is 0 Å². The summed E-state index contributed by atoms with van der Waals surface area (Å²) in [5.74, 6) is 0.748. The lowest BCUT2D eigenvalue weighted by Crippen LogP contribution is -2.48. The van der Waals surface area contributed by atoms with E-state index >= 15 is 0 Å². The molecule has 0 aromatic heterocycles. The van der Waals surface area contributed by atoms with Crippen molar-refractivity contribution in [3.63, 3.8) is 0 Å². The number of benzene rings is 2. The van der Waals surface area contributed by atoms with E-state index in [9.17, 15) is 20.4 Å². The molecule has 0 bridgehead atoms. The summed E-state index contributed by atoms with van der Waals surface area (Å²) < 4.78 is 5.09. The lowest BCUT2D eigenvalue weighted by atomic mass is 10.0. The molecule has 0 heterocycles. The van der Waals surface area contributed by atoms with Crippen LogP contribution in [0, 0.1) is 0 Å². The Hall–Kier alpha value is -2.40. The summed E-state index contributed by atoms with van der Waals surface area (Å²) in [7, 11) is 1.60. The molecule has 0 radical (unpaired) electrons. The number of ether oxygens (including phenoxy) is 1. The maximum Gasteiger partial charge on any atom is 0.119 e. The second kappa shape index (κ2) is 11.6. The van der Waals surface area contributed by atoms with E-state index in [1.807, 2.05) is 12.1 Å². The third kappa shape index (κ3) is 7.17. The Morgan fingerprint density at radius 3 is 1.86 bits per heavy atom. The largest absolute Gasteiger partial charge is 0.497 e. The summed E-state index contributed by atoms with van der Waals surface area (Å²) in [5, 5.41) is 58.6. The number of methoxy groups -OCH3 is 1. The van der Waals surface area contributed by atoms with Crippen LogP contribution in [0.25, 0.3) is 0 Å². The zero-order chi connectivity index (χ0) is 21.2. The molecule has 0 aliphatic heterocycles. The molecule has 0 fully saturated rings. The Kier molecular flexibility index (Phi) is 9.13. The normalized spacial score (nSPS) is 15.8. The van der Waals surface area contributed by atoms with Crippen LogP contribution in [0.1, 0.15) is 5.56 Å². The van der Waals surface area contributed by atoms with E-state index < -0.39 is 31.0 Å². The van der Waals surface area contributed by atoms with Crippen molar-refractivity contribution in [3.05, 3.63) is 54.1 Å². The number of nitrogens with one attached hydrogen (secondary N) is 1. The van der Waals surface area contributed by atoms with E-state index in [4.69, 9.17) is 9.84 Å². The van der Waals surface area contributed by atoms with Gasteiger partial charge < -0.3 is 35.6 Å². The molecule has 0 spiro atoms. The Bertz CT molecular complexity index is 754. The third-order valence-corrected chi connectivity index (χ3v) is 4.30. The number of aliphatic hydroxyl groups excluding tert-OH is 5. The molecule has 4 atom stereocenters. The average Bonchev–Trinajstić information content (AvgIpc) is 2.77. The predicted octanol–water partition coefficient (Wildman–Crippen LogP) is 0.636. The number of rotatable bonds is 11. The maximum absolute atomic E-state index is 9.87. The highest BCUT2D eigenvalue weighted by Crippen LogP contribution is 2.21. The van der Waals surface area contributed by atoms with Crippen LogP contribution in [0.15, 0.2) is 58.8 Å². The Morgan fingerprint density at radius 2 is 1.34 bits per heavy atom. The Morgan fingerprint density at radius 1 is 0.828 bits per heavy atom. The lowest BCUT2D eigenvalue weighted by Gasteiger charge is -2.25. The predicted molar refractivity (Wildman–Crippen MR) is 106 cm³/mol. The highest BCUT2D eigenvalue weighted by molar-refractivity contribution is 5.43. The van der Waals surface area contributed by atoms with Crippen LogP contribution in [0.2, 0.25) is 0 Å². The molecule has 6 N–H and O–H groups in total. The first-order valence-corrected chi connectivity index (χ1v) is 9.13. The van der Waals surface area contributed by atoms with Crippen LogP contribution in [-0.4, -0.2) is 70.2 Å². The smallest absolute Gasteiger partial charge is 0.119 e. The van der Waals surface area contributed by atoms with Gasteiger partial charge in [0.25, 0.3) is 0 Å². The van der Waals surface area contributed by atoms with Gasteiger partial charge in [-0.05, 0) is 42.0 Å². The molecular formula is C20H27N3O6. The van der Waals surface area contributed by atoms with Gasteiger partial charge in [0.1, 0.15) is 24.1 Å². The van der Waals surface area contributed by atoms with Gasteiger partial charge in [0.2, 0.25) is 0 Å². The van der Waals surface area contributed by atoms with Crippen LogP contribution in [0.3, 0.4) is 0 Å². The molecule has 2 aromatic carbocycles. The summed E-state index contributed by atoms with van der Waals surface area (Å²) >= 11 is 0. The number of hydrogen-bond acceptors (Lipinski definition) is 9. The van der Waals surface area contributed by atoms with Crippen molar-refractivity contribution in [2.75, 3.05) is 20.3 Å². The van der Waals surface area contributed by atoms with Crippen LogP contribution in [-0.2, 0) is 6.54 Å². The van der Waals surface area contributed by atoms with Crippen LogP contribution in [0.5, 0.6) is 5.75 Å². The van der Waals surface area contributed by atoms with Crippen molar-refractivity contribution in [2.45, 2.75) is 31.0 Å². The van der Waals surface area contributed by atoms with Crippen molar-refractivity contribution in [3.8, 4) is 5.75 Å². The molecule has 0 saturated carbocycles. The van der Waals surface area contributed by atoms with E-state index in [1.54, 1.807) is 43.5 Å². The quantitative estimate of drug-likeness (QED) is 0.301. The summed E-state index contributed by atoms with van der Waals surface area (Å²) in [6, 6.07) is 14.5. The minimum absolute atomic E-state index is 0.00466. The number of aliphatic hydroxyl groups is 5. The molecule has 0 aliphatic carbocycles. The van der Waals surface area contributed by atoms with Crippen molar-refractivity contribution in [1.29, 1.82) is 0 Å². The van der Waals surface area contributed by atoms with Gasteiger partial charge in [-0.3, -0.25) is 0 Å². The molecule has 0 unspecified atom stereocenters. The summed E-state index contributed by atoms with van der Waals surface area (Å²) in [4.78, 5) is 0. The molecule has 0 amide bonds. The fraction of sp³-hybridized carbons (Fsp3) is 0.400. The summed E-state index contributed by atoms with van der Waals surface area (Å²) in [6.45, 7) is -0.297. The molecule has 9 heteroatoms. The van der Waals surface area contributed by atoms with Crippen molar-refractivity contribution < 1.29 is 30.3 Å². The molecule has 2 aromatic rings. The second-order valence-corrected chi connectivity index (χ2v) is 6.49. The first-order valence-electron chi connectivity index (χ1n) is 9.13. The highest BCUT2D eigenvalue weighted by atomic mass is 16.5. The first-order chi connectivity index (χ1) is 13.9. The third-order valence-electron chi connectivity index (χ3n) is 4.30. The van der Waals surface area contributed by atoms with Gasteiger partial charge in [0, 0.05) is 13.1 Å². The maximum atomic E-state index is 9.87. The van der Waals surface area contributed by atoms with E-state index in [0.29, 0.717) is 17.9 Å². The van der Waals surface area contributed by atoms with Gasteiger partial charge in [0.05, 0.1) is 31.2 Å². The molecule has 2 rings (SSSR count). The average molecular weight is 405 g/mol. The standard InChI is InChI=1S/C20H27N3O6/c1-29-16-8-6-15(7-9-16)23-22-14-4-2-13(3-5-14)10-21-11-17(25)19(27)20(28)18(26)12-24/h2-9,17-21,24-28H,10-12H2,1H3/t17-,18+,19+,20+/m0/s1. The highest BCUT2D eigenvalue weighted by Gasteiger charge is 2.29. The van der Waals surface area contributed by atoms with Crippen LogP contribution >= 0.6 is 0 Å². The van der Waals surface area contributed by atoms with Gasteiger partial charge in [0.15, 0.2) is 0 Å². The Labute approximate surface area is 168 Å². The number of azo groups is 1. The van der Waals surface area contributed by atoms with Crippen LogP contribution < -0.4 is 10.1 Å². The minimum atomic E-state index is -1.63. The fourth-order valence-electron chi connectivity index (χ4n) is 2.49. The van der Waals surface area contributed by atoms with E-state index in [2.05, 4.69) is 15.5 Å². The van der Waals surface area contributed by atoms with E-state index in [0.717, 1.165) is 11.3 Å². The van der Waals surface area contributed by atoms with Gasteiger partial charge in [-0.2, -0.15) is 10.2 Å². The minimum Gasteiger partial charge on any atom is -0.497 e. The molecule has 29 heavy (non-hydrogen) atoms. The zero-order valence-electron chi connectivity index (χ0n) is 16.1. The molecular weight excluding hydrogens is 378 g/mol. The van der Waals surface area contributed by atoms with Gasteiger partial charge in [-0.25, -0.2) is 0 Å². The fourth-order valence-corrected chi connectivity index (χ4v) is 2.49. The van der Waals surface area contributed by atoms with Crippen molar-refractivity contribution in [2.24, 2.45) is 10.2 Å². The lowest BCUT2D eigenvalue weighted by molar-refractivity contribution is -0.114. The van der Waals surface area contributed by atoms with E-state index in [-0.39, 0.29) is 6.54 Å². The summed E-state index contributed by atoms with van der Waals surface area (Å²) in [5.41, 5.74) is 2.31. The van der Waals surface area contributed by atoms with Crippen molar-refractivity contribution >= 4 is 11.4 Å². The zero-order valence-corrected chi connectivity index (χ0v) is 16.1. The molecule has 0 aliphatic rings. The van der Waals surface area contributed by atoms with Gasteiger partial charge in [-0.1, -0.05) is 12.1 Å². The van der Waals surface area contributed by atoms with Gasteiger partial charge >= 0.3 is 0 Å². The van der Waals surface area contributed by atoms with Crippen molar-refractivity contribution in [1.82, 2.24) is 5.32 Å². The second-order valence-electron chi connectivity index (χ2n) is 6.49. The SMILES string of the molecule is COc1ccc(N=Nc2ccc(CNC[C@H](O)[C@@H](O)[C@H](O)[C@H](O)CO)cc2)cc1. The Balaban J connectivity index is 1.80. The summed E-state index contributed by atoms with van der Waals surface area (Å²) in [6.07, 6.45) is -6.03. The number of hydrogen-bond donors (Lipinski definition) is 6.